The first kappa shape index (κ1) is 34.2. The fraction of sp³-hybridized carbons (Fsp3) is 0.289. The lowest BCUT2D eigenvalue weighted by atomic mass is 9.61. The highest BCUT2D eigenvalue weighted by Crippen LogP contribution is 2.47. The molecule has 4 atom stereocenters. The number of hydrogen-bond donors (Lipinski definition) is 3. The summed E-state index contributed by atoms with van der Waals surface area (Å²) in [5, 5.41) is 18.7. The molecule has 0 saturated heterocycles. The number of Topliss-reactive ketones (excluding diaryl/α,β-unsaturated/α-hetero) is 1. The first-order valence-corrected chi connectivity index (χ1v) is 16.2. The van der Waals surface area contributed by atoms with Crippen molar-refractivity contribution < 1.29 is 24.2 Å². The fourth-order valence-corrected chi connectivity index (χ4v) is 6.73. The maximum absolute atomic E-state index is 14.3. The molecule has 1 aliphatic carbocycles. The van der Waals surface area contributed by atoms with Crippen LogP contribution in [-0.2, 0) is 21.0 Å². The van der Waals surface area contributed by atoms with Gasteiger partial charge in [-0.2, -0.15) is 0 Å². The molecule has 3 N–H and O–H groups in total. The Morgan fingerprint density at radius 1 is 0.851 bits per heavy atom. The minimum absolute atomic E-state index is 0.133. The molecule has 1 saturated carbocycles. The molecule has 4 aromatic carbocycles. The normalized spacial score (nSPS) is 20.9. The SMILES string of the molecule is Cc1ccc(C)c(NC(=O)C2C(=O)CC(C)(O)C(C(=O)Nc3cc(C)ccc3C)C2c2cccc(OCc3ccc(Cl)cc3Cl)c2)c1. The monoisotopic (exact) mass is 672 g/mol. The summed E-state index contributed by atoms with van der Waals surface area (Å²) in [6.07, 6.45) is -0.371. The Labute approximate surface area is 285 Å². The zero-order valence-electron chi connectivity index (χ0n) is 27.0. The van der Waals surface area contributed by atoms with Crippen LogP contribution in [0.1, 0.15) is 52.6 Å². The van der Waals surface area contributed by atoms with E-state index in [0.29, 0.717) is 38.3 Å². The smallest absolute Gasteiger partial charge is 0.235 e. The summed E-state index contributed by atoms with van der Waals surface area (Å²) in [7, 11) is 0. The summed E-state index contributed by atoms with van der Waals surface area (Å²) in [5.41, 5.74) is 4.19. The van der Waals surface area contributed by atoms with Crippen LogP contribution < -0.4 is 15.4 Å². The predicted molar refractivity (Wildman–Crippen MR) is 186 cm³/mol. The minimum atomic E-state index is -1.76. The van der Waals surface area contributed by atoms with Crippen molar-refractivity contribution in [1.29, 1.82) is 0 Å². The lowest BCUT2D eigenvalue weighted by Crippen LogP contribution is -2.56. The van der Waals surface area contributed by atoms with E-state index in [-0.39, 0.29) is 13.0 Å². The molecule has 1 aliphatic rings. The molecule has 7 nitrogen and oxygen atoms in total. The molecule has 0 aliphatic heterocycles. The van der Waals surface area contributed by atoms with Gasteiger partial charge in [0.05, 0.1) is 11.5 Å². The molecule has 2 amide bonds. The van der Waals surface area contributed by atoms with Gasteiger partial charge in [0, 0.05) is 39.3 Å². The van der Waals surface area contributed by atoms with E-state index >= 15 is 0 Å². The van der Waals surface area contributed by atoms with Crippen LogP contribution >= 0.6 is 23.2 Å². The van der Waals surface area contributed by atoms with E-state index < -0.39 is 41.0 Å². The van der Waals surface area contributed by atoms with Gasteiger partial charge in [-0.25, -0.2) is 0 Å². The third-order valence-corrected chi connectivity index (χ3v) is 9.37. The molecule has 47 heavy (non-hydrogen) atoms. The first-order valence-electron chi connectivity index (χ1n) is 15.4. The largest absolute Gasteiger partial charge is 0.489 e. The van der Waals surface area contributed by atoms with Crippen molar-refractivity contribution in [2.45, 2.75) is 59.2 Å². The Bertz CT molecular complexity index is 1850. The van der Waals surface area contributed by atoms with Crippen molar-refractivity contribution in [1.82, 2.24) is 0 Å². The van der Waals surface area contributed by atoms with Gasteiger partial charge in [0.2, 0.25) is 11.8 Å². The quantitative estimate of drug-likeness (QED) is 0.164. The van der Waals surface area contributed by atoms with Crippen molar-refractivity contribution in [3.63, 3.8) is 0 Å². The fourth-order valence-electron chi connectivity index (χ4n) is 6.27. The molecule has 244 valence electrons. The molecule has 9 heteroatoms. The Hall–Kier alpha value is -4.17. The van der Waals surface area contributed by atoms with Gasteiger partial charge in [0.15, 0.2) is 0 Å². The number of carbonyl (C=O) groups is 3. The van der Waals surface area contributed by atoms with Crippen LogP contribution in [0.4, 0.5) is 11.4 Å². The molecule has 0 aromatic heterocycles. The summed E-state index contributed by atoms with van der Waals surface area (Å²) in [5.74, 6) is -4.53. The molecule has 0 spiro atoms. The van der Waals surface area contributed by atoms with Crippen LogP contribution in [-0.4, -0.2) is 28.3 Å². The molecule has 4 unspecified atom stereocenters. The number of amides is 2. The highest BCUT2D eigenvalue weighted by molar-refractivity contribution is 6.35. The van der Waals surface area contributed by atoms with Gasteiger partial charge >= 0.3 is 0 Å². The Morgan fingerprint density at radius 2 is 1.47 bits per heavy atom. The number of hydrogen-bond acceptors (Lipinski definition) is 5. The minimum Gasteiger partial charge on any atom is -0.489 e. The Balaban J connectivity index is 1.56. The highest BCUT2D eigenvalue weighted by atomic mass is 35.5. The molecule has 0 heterocycles. The summed E-state index contributed by atoms with van der Waals surface area (Å²) in [4.78, 5) is 42.2. The van der Waals surface area contributed by atoms with E-state index in [1.807, 2.05) is 64.1 Å². The topological polar surface area (TPSA) is 105 Å². The van der Waals surface area contributed by atoms with Gasteiger partial charge in [0.1, 0.15) is 24.1 Å². The van der Waals surface area contributed by atoms with Gasteiger partial charge in [-0.1, -0.05) is 65.7 Å². The van der Waals surface area contributed by atoms with Crippen LogP contribution in [0.15, 0.2) is 78.9 Å². The molecule has 0 bridgehead atoms. The van der Waals surface area contributed by atoms with E-state index in [4.69, 9.17) is 27.9 Å². The summed E-state index contributed by atoms with van der Waals surface area (Å²) in [6.45, 7) is 9.19. The van der Waals surface area contributed by atoms with Gasteiger partial charge < -0.3 is 20.5 Å². The van der Waals surface area contributed by atoms with Crippen molar-refractivity contribution >= 4 is 52.2 Å². The van der Waals surface area contributed by atoms with Gasteiger partial charge in [-0.3, -0.25) is 14.4 Å². The number of carbonyl (C=O) groups excluding carboxylic acids is 3. The van der Waals surface area contributed by atoms with Gasteiger partial charge in [0.25, 0.3) is 0 Å². The van der Waals surface area contributed by atoms with Crippen molar-refractivity contribution in [2.75, 3.05) is 10.6 Å². The van der Waals surface area contributed by atoms with Gasteiger partial charge in [-0.05, 0) is 98.8 Å². The maximum Gasteiger partial charge on any atom is 0.235 e. The van der Waals surface area contributed by atoms with Gasteiger partial charge in [-0.15, -0.1) is 0 Å². The van der Waals surface area contributed by atoms with Crippen LogP contribution in [0.5, 0.6) is 5.75 Å². The lowest BCUT2D eigenvalue weighted by Gasteiger charge is -2.44. The third-order valence-electron chi connectivity index (χ3n) is 8.79. The zero-order chi connectivity index (χ0) is 34.0. The number of benzene rings is 4. The second-order valence-corrected chi connectivity index (χ2v) is 13.5. The average Bonchev–Trinajstić information content (AvgIpc) is 2.99. The molecule has 4 aromatic rings. The maximum atomic E-state index is 14.3. The van der Waals surface area contributed by atoms with E-state index in [2.05, 4.69) is 10.6 Å². The van der Waals surface area contributed by atoms with Crippen molar-refractivity contribution in [3.05, 3.63) is 122 Å². The second kappa shape index (κ2) is 13.9. The number of nitrogens with one attached hydrogen (secondary N) is 2. The number of halogens is 2. The molecular formula is C38H38Cl2N2O5. The molecular weight excluding hydrogens is 635 g/mol. The van der Waals surface area contributed by atoms with E-state index in [1.54, 1.807) is 42.5 Å². The second-order valence-electron chi connectivity index (χ2n) is 12.7. The molecule has 0 radical (unpaired) electrons. The lowest BCUT2D eigenvalue weighted by molar-refractivity contribution is -0.150. The van der Waals surface area contributed by atoms with E-state index in [1.165, 1.54) is 6.92 Å². The van der Waals surface area contributed by atoms with Crippen LogP contribution in [0.3, 0.4) is 0 Å². The van der Waals surface area contributed by atoms with Crippen LogP contribution in [0, 0.1) is 39.5 Å². The standard InChI is InChI=1S/C38H38Cl2N2O5/c1-21-9-11-23(3)30(15-21)41-36(44)34-32(43)19-38(5,46)35(37(45)42-31-16-22(2)10-12-24(31)4)33(34)25-7-6-8-28(17-25)47-20-26-13-14-27(39)18-29(26)40/h6-18,33-35,46H,19-20H2,1-5H3,(H,41,44)(H,42,45). The predicted octanol–water partition coefficient (Wildman–Crippen LogP) is 8.12. The number of aryl methyl sites for hydroxylation is 4. The first-order chi connectivity index (χ1) is 22.2. The number of ether oxygens (including phenoxy) is 1. The molecule has 1 fully saturated rings. The summed E-state index contributed by atoms with van der Waals surface area (Å²) >= 11 is 12.4. The van der Waals surface area contributed by atoms with Crippen molar-refractivity contribution in [2.24, 2.45) is 11.8 Å². The highest BCUT2D eigenvalue weighted by Gasteiger charge is 2.56. The number of ketones is 1. The zero-order valence-corrected chi connectivity index (χ0v) is 28.5. The van der Waals surface area contributed by atoms with Crippen molar-refractivity contribution in [3.8, 4) is 5.75 Å². The number of rotatable bonds is 8. The third kappa shape index (κ3) is 7.70. The Morgan fingerprint density at radius 3 is 2.09 bits per heavy atom. The van der Waals surface area contributed by atoms with E-state index in [0.717, 1.165) is 22.3 Å². The number of anilines is 2. The average molecular weight is 674 g/mol. The summed E-state index contributed by atoms with van der Waals surface area (Å²) in [6, 6.07) is 23.4. The van der Waals surface area contributed by atoms with Crippen LogP contribution in [0.25, 0.3) is 0 Å². The molecule has 5 rings (SSSR count). The number of aliphatic hydroxyl groups is 1. The van der Waals surface area contributed by atoms with Crippen LogP contribution in [0.2, 0.25) is 10.0 Å². The summed E-state index contributed by atoms with van der Waals surface area (Å²) < 4.78 is 6.09. The van der Waals surface area contributed by atoms with E-state index in [9.17, 15) is 19.5 Å². The Kier molecular flexibility index (Phi) is 10.1.